The van der Waals surface area contributed by atoms with Crippen LogP contribution in [0.4, 0.5) is 0 Å². The van der Waals surface area contributed by atoms with Gasteiger partial charge in [0.25, 0.3) is 11.8 Å². The van der Waals surface area contributed by atoms with Crippen molar-refractivity contribution in [1.29, 1.82) is 0 Å². The first-order valence-corrected chi connectivity index (χ1v) is 13.3. The second-order valence-corrected chi connectivity index (χ2v) is 9.85. The summed E-state index contributed by atoms with van der Waals surface area (Å²) in [5.41, 5.74) is 1.08. The number of benzene rings is 1. The summed E-state index contributed by atoms with van der Waals surface area (Å²) in [7, 11) is 0. The van der Waals surface area contributed by atoms with Crippen LogP contribution in [0.5, 0.6) is 5.75 Å². The van der Waals surface area contributed by atoms with Crippen LogP contribution >= 0.6 is 0 Å². The van der Waals surface area contributed by atoms with E-state index in [1.54, 1.807) is 0 Å². The molecule has 7 nitrogen and oxygen atoms in total. The minimum atomic E-state index is -0.104. The number of amides is 2. The molecule has 2 heterocycles. The molecule has 0 saturated carbocycles. The van der Waals surface area contributed by atoms with Crippen molar-refractivity contribution >= 4 is 11.8 Å². The predicted molar refractivity (Wildman–Crippen MR) is 139 cm³/mol. The van der Waals surface area contributed by atoms with Crippen LogP contribution in [-0.2, 0) is 6.54 Å². The summed E-state index contributed by atoms with van der Waals surface area (Å²) < 4.78 is 8.14. The van der Waals surface area contributed by atoms with Gasteiger partial charge >= 0.3 is 0 Å². The van der Waals surface area contributed by atoms with Crippen LogP contribution in [0.25, 0.3) is 0 Å². The SMILES string of the molecule is CCCn1ccc(C(=O)N2CCCCCCN(CC)C(=O)c3ccccc3OC[C@@H]2CC(C)C)n1. The third-order valence-corrected chi connectivity index (χ3v) is 6.55. The smallest absolute Gasteiger partial charge is 0.274 e. The molecule has 192 valence electrons. The van der Waals surface area contributed by atoms with Gasteiger partial charge in [0.1, 0.15) is 18.1 Å². The number of nitrogens with zero attached hydrogens (tertiary/aromatic N) is 4. The van der Waals surface area contributed by atoms with Gasteiger partial charge in [-0.15, -0.1) is 0 Å². The number of rotatable bonds is 6. The number of aromatic nitrogens is 2. The Kier molecular flexibility index (Phi) is 10.2. The average Bonchev–Trinajstić information content (AvgIpc) is 3.31. The van der Waals surface area contributed by atoms with Gasteiger partial charge in [-0.1, -0.05) is 45.7 Å². The van der Waals surface area contributed by atoms with E-state index in [0.29, 0.717) is 42.6 Å². The van der Waals surface area contributed by atoms with E-state index >= 15 is 0 Å². The van der Waals surface area contributed by atoms with Crippen molar-refractivity contribution in [3.05, 3.63) is 47.8 Å². The van der Waals surface area contributed by atoms with E-state index in [4.69, 9.17) is 4.74 Å². The van der Waals surface area contributed by atoms with Crippen LogP contribution in [0.3, 0.4) is 0 Å². The Bertz CT molecular complexity index is 955. The van der Waals surface area contributed by atoms with Gasteiger partial charge in [0.05, 0.1) is 11.6 Å². The number of aryl methyl sites for hydroxylation is 1. The first-order chi connectivity index (χ1) is 16.9. The highest BCUT2D eigenvalue weighted by Crippen LogP contribution is 2.24. The Labute approximate surface area is 210 Å². The Morgan fingerprint density at radius 2 is 1.83 bits per heavy atom. The summed E-state index contributed by atoms with van der Waals surface area (Å²) in [5.74, 6) is 0.946. The fourth-order valence-electron chi connectivity index (χ4n) is 4.72. The lowest BCUT2D eigenvalue weighted by atomic mass is 10.0. The van der Waals surface area contributed by atoms with Crippen molar-refractivity contribution in [3.63, 3.8) is 0 Å². The van der Waals surface area contributed by atoms with E-state index in [0.717, 1.165) is 51.6 Å². The highest BCUT2D eigenvalue weighted by Gasteiger charge is 2.28. The molecule has 1 aliphatic rings. The fourth-order valence-corrected chi connectivity index (χ4v) is 4.72. The number of ether oxygens (including phenoxy) is 1. The molecule has 7 heteroatoms. The van der Waals surface area contributed by atoms with Crippen molar-refractivity contribution in [2.24, 2.45) is 5.92 Å². The largest absolute Gasteiger partial charge is 0.491 e. The van der Waals surface area contributed by atoms with Crippen molar-refractivity contribution in [1.82, 2.24) is 19.6 Å². The van der Waals surface area contributed by atoms with E-state index in [9.17, 15) is 9.59 Å². The predicted octanol–water partition coefficient (Wildman–Crippen LogP) is 5.27. The monoisotopic (exact) mass is 482 g/mol. The molecule has 0 aliphatic carbocycles. The summed E-state index contributed by atoms with van der Waals surface area (Å²) in [6.07, 6.45) is 7.60. The molecule has 0 unspecified atom stereocenters. The number of carbonyl (C=O) groups is 2. The Hall–Kier alpha value is -2.83. The van der Waals surface area contributed by atoms with Gasteiger partial charge in [-0.3, -0.25) is 14.3 Å². The third kappa shape index (κ3) is 7.33. The van der Waals surface area contributed by atoms with Crippen molar-refractivity contribution in [3.8, 4) is 5.75 Å². The normalized spacial score (nSPS) is 18.2. The van der Waals surface area contributed by atoms with Crippen LogP contribution in [0.1, 0.15) is 87.1 Å². The minimum absolute atomic E-state index is 0.00923. The van der Waals surface area contributed by atoms with Gasteiger partial charge in [-0.05, 0) is 56.7 Å². The van der Waals surface area contributed by atoms with Crippen LogP contribution in [0.2, 0.25) is 0 Å². The maximum absolute atomic E-state index is 13.7. The Morgan fingerprint density at radius 3 is 2.54 bits per heavy atom. The summed E-state index contributed by atoms with van der Waals surface area (Å²) in [4.78, 5) is 30.8. The summed E-state index contributed by atoms with van der Waals surface area (Å²) in [6.45, 7) is 11.7. The molecule has 1 aromatic heterocycles. The highest BCUT2D eigenvalue weighted by molar-refractivity contribution is 5.97. The summed E-state index contributed by atoms with van der Waals surface area (Å²) in [6, 6.07) is 9.19. The molecule has 3 rings (SSSR count). The molecule has 0 N–H and O–H groups in total. The molecule has 0 saturated heterocycles. The zero-order valence-electron chi connectivity index (χ0n) is 21.9. The van der Waals surface area contributed by atoms with E-state index in [2.05, 4.69) is 25.9 Å². The van der Waals surface area contributed by atoms with Crippen molar-refractivity contribution < 1.29 is 14.3 Å². The zero-order valence-corrected chi connectivity index (χ0v) is 21.9. The van der Waals surface area contributed by atoms with Gasteiger partial charge < -0.3 is 14.5 Å². The summed E-state index contributed by atoms with van der Waals surface area (Å²) >= 11 is 0. The number of carbonyl (C=O) groups excluding carboxylic acids is 2. The van der Waals surface area contributed by atoms with Gasteiger partial charge in [0.2, 0.25) is 0 Å². The van der Waals surface area contributed by atoms with Gasteiger partial charge in [-0.2, -0.15) is 5.10 Å². The van der Waals surface area contributed by atoms with E-state index in [1.165, 1.54) is 0 Å². The van der Waals surface area contributed by atoms with Crippen LogP contribution < -0.4 is 4.74 Å². The van der Waals surface area contributed by atoms with Gasteiger partial charge in [-0.25, -0.2) is 0 Å². The number of fused-ring (bicyclic) bond motifs is 1. The molecule has 35 heavy (non-hydrogen) atoms. The molecular formula is C28H42N4O3. The quantitative estimate of drug-likeness (QED) is 0.563. The first-order valence-electron chi connectivity index (χ1n) is 13.3. The number of hydrogen-bond donors (Lipinski definition) is 0. The topological polar surface area (TPSA) is 67.7 Å². The molecule has 0 fully saturated rings. The van der Waals surface area contributed by atoms with E-state index in [-0.39, 0.29) is 17.9 Å². The van der Waals surface area contributed by atoms with Crippen LogP contribution in [-0.4, -0.2) is 63.7 Å². The lowest BCUT2D eigenvalue weighted by Crippen LogP contribution is -2.45. The van der Waals surface area contributed by atoms with E-state index in [1.807, 2.05) is 57.9 Å². The Balaban J connectivity index is 1.91. The fraction of sp³-hybridized carbons (Fsp3) is 0.607. The molecule has 0 bridgehead atoms. The van der Waals surface area contributed by atoms with Crippen LogP contribution in [0, 0.1) is 5.92 Å². The average molecular weight is 483 g/mol. The molecule has 0 spiro atoms. The zero-order chi connectivity index (χ0) is 25.2. The van der Waals surface area contributed by atoms with Gasteiger partial charge in [0, 0.05) is 32.4 Å². The minimum Gasteiger partial charge on any atom is -0.491 e. The van der Waals surface area contributed by atoms with E-state index < -0.39 is 0 Å². The second kappa shape index (κ2) is 13.3. The number of para-hydroxylation sites is 1. The van der Waals surface area contributed by atoms with Crippen LogP contribution in [0.15, 0.2) is 36.5 Å². The molecule has 1 atom stereocenters. The molecule has 1 aliphatic heterocycles. The lowest BCUT2D eigenvalue weighted by molar-refractivity contribution is 0.0559. The molecule has 2 amide bonds. The maximum atomic E-state index is 13.7. The maximum Gasteiger partial charge on any atom is 0.274 e. The Morgan fingerprint density at radius 1 is 1.09 bits per heavy atom. The second-order valence-electron chi connectivity index (χ2n) is 9.85. The summed E-state index contributed by atoms with van der Waals surface area (Å²) in [5, 5.41) is 4.54. The first kappa shape index (κ1) is 26.8. The number of hydrogen-bond acceptors (Lipinski definition) is 4. The van der Waals surface area contributed by atoms with Crippen molar-refractivity contribution in [2.75, 3.05) is 26.2 Å². The highest BCUT2D eigenvalue weighted by atomic mass is 16.5. The molecular weight excluding hydrogens is 440 g/mol. The van der Waals surface area contributed by atoms with Gasteiger partial charge in [0.15, 0.2) is 0 Å². The molecule has 2 aromatic rings. The standard InChI is InChI=1S/C28H42N4O3/c1-5-16-31-19-15-25(29-31)28(34)32-18-12-8-7-11-17-30(6-2)27(33)24-13-9-10-14-26(24)35-21-23(32)20-22(3)4/h9-10,13-15,19,22-23H,5-8,11-12,16-18,20-21H2,1-4H3/t23-/m0/s1. The third-order valence-electron chi connectivity index (χ3n) is 6.55. The molecule has 0 radical (unpaired) electrons. The lowest BCUT2D eigenvalue weighted by Gasteiger charge is -2.33. The van der Waals surface area contributed by atoms with Crippen molar-refractivity contribution in [2.45, 2.75) is 78.8 Å². The molecule has 1 aromatic carbocycles.